The number of likely N-dealkylation sites (tertiary alicyclic amines) is 1. The van der Waals surface area contributed by atoms with Crippen molar-refractivity contribution in [3.8, 4) is 0 Å². The molecule has 17 heavy (non-hydrogen) atoms. The zero-order chi connectivity index (χ0) is 12.2. The smallest absolute Gasteiger partial charge is 0.0478 e. The Bertz CT molecular complexity index is 158. The molecule has 102 valence electrons. The average Bonchev–Trinajstić information content (AvgIpc) is 2.38. The summed E-state index contributed by atoms with van der Waals surface area (Å²) in [5.74, 6) is 0. The number of nitrogens with one attached hydrogen (secondary N) is 1. The van der Waals surface area contributed by atoms with Crippen LogP contribution in [0.5, 0.6) is 0 Å². The van der Waals surface area contributed by atoms with Gasteiger partial charge in [0.2, 0.25) is 0 Å². The van der Waals surface area contributed by atoms with E-state index in [1.807, 2.05) is 0 Å². The first-order valence-corrected chi connectivity index (χ1v) is 7.44. The number of rotatable bonds is 10. The van der Waals surface area contributed by atoms with E-state index in [9.17, 15) is 0 Å². The van der Waals surface area contributed by atoms with Crippen molar-refractivity contribution in [2.75, 3.05) is 45.9 Å². The maximum Gasteiger partial charge on any atom is 0.0478 e. The van der Waals surface area contributed by atoms with Crippen LogP contribution in [0.3, 0.4) is 0 Å². The van der Waals surface area contributed by atoms with Crippen molar-refractivity contribution in [3.05, 3.63) is 0 Å². The van der Waals surface area contributed by atoms with E-state index >= 15 is 0 Å². The molecule has 1 N–H and O–H groups in total. The Kier molecular flexibility index (Phi) is 9.66. The summed E-state index contributed by atoms with van der Waals surface area (Å²) >= 11 is 0. The van der Waals surface area contributed by atoms with Gasteiger partial charge in [0.05, 0.1) is 0 Å². The first-order valence-electron chi connectivity index (χ1n) is 7.44. The maximum absolute atomic E-state index is 5.44. The molecule has 0 atom stereocenters. The van der Waals surface area contributed by atoms with Crippen molar-refractivity contribution < 1.29 is 4.74 Å². The van der Waals surface area contributed by atoms with E-state index in [1.165, 1.54) is 45.3 Å². The fourth-order valence-corrected chi connectivity index (χ4v) is 2.28. The molecule has 3 heteroatoms. The Morgan fingerprint density at radius 2 is 1.76 bits per heavy atom. The summed E-state index contributed by atoms with van der Waals surface area (Å²) in [6.45, 7) is 10.2. The van der Waals surface area contributed by atoms with Gasteiger partial charge in [-0.05, 0) is 64.8 Å². The molecule has 3 nitrogen and oxygen atoms in total. The number of piperidine rings is 1. The Labute approximate surface area is 107 Å². The molecule has 0 radical (unpaired) electrons. The van der Waals surface area contributed by atoms with Gasteiger partial charge >= 0.3 is 0 Å². The van der Waals surface area contributed by atoms with Crippen LogP contribution in [0.25, 0.3) is 0 Å². The van der Waals surface area contributed by atoms with Crippen molar-refractivity contribution in [2.45, 2.75) is 45.4 Å². The predicted molar refractivity (Wildman–Crippen MR) is 73.5 cm³/mol. The van der Waals surface area contributed by atoms with Gasteiger partial charge in [-0.2, -0.15) is 0 Å². The Hall–Kier alpha value is -0.120. The summed E-state index contributed by atoms with van der Waals surface area (Å²) in [6, 6.07) is 0. The summed E-state index contributed by atoms with van der Waals surface area (Å²) in [6.07, 6.45) is 7.81. The zero-order valence-electron chi connectivity index (χ0n) is 11.5. The van der Waals surface area contributed by atoms with E-state index in [2.05, 4.69) is 17.1 Å². The van der Waals surface area contributed by atoms with Gasteiger partial charge in [0, 0.05) is 13.2 Å². The van der Waals surface area contributed by atoms with Crippen molar-refractivity contribution in [1.29, 1.82) is 0 Å². The second kappa shape index (κ2) is 11.0. The molecule has 1 fully saturated rings. The Morgan fingerprint density at radius 3 is 2.53 bits per heavy atom. The largest absolute Gasteiger partial charge is 0.381 e. The van der Waals surface area contributed by atoms with Crippen LogP contribution in [0.1, 0.15) is 45.4 Å². The topological polar surface area (TPSA) is 24.5 Å². The van der Waals surface area contributed by atoms with Crippen molar-refractivity contribution >= 4 is 0 Å². The zero-order valence-corrected chi connectivity index (χ0v) is 11.5. The molecule has 1 aliphatic heterocycles. The third-order valence-electron chi connectivity index (χ3n) is 3.27. The lowest BCUT2D eigenvalue weighted by Crippen LogP contribution is -2.32. The van der Waals surface area contributed by atoms with Gasteiger partial charge in [0.25, 0.3) is 0 Å². The molecule has 0 aliphatic carbocycles. The van der Waals surface area contributed by atoms with Gasteiger partial charge in [-0.1, -0.05) is 13.3 Å². The highest BCUT2D eigenvalue weighted by atomic mass is 16.5. The molecule has 0 unspecified atom stereocenters. The molecular weight excluding hydrogens is 212 g/mol. The summed E-state index contributed by atoms with van der Waals surface area (Å²) in [4.78, 5) is 2.61. The first kappa shape index (κ1) is 14.9. The highest BCUT2D eigenvalue weighted by molar-refractivity contribution is 4.64. The number of ether oxygens (including phenoxy) is 1. The molecular formula is C14H30N2O. The number of nitrogens with zero attached hydrogens (tertiary/aromatic N) is 1. The highest BCUT2D eigenvalue weighted by Crippen LogP contribution is 2.08. The standard InChI is InChI=1S/C14H30N2O/c1-2-13-17-14-7-9-15-8-6-12-16-10-4-3-5-11-16/h15H,2-14H2,1H3. The Balaban J connectivity index is 1.75. The molecule has 0 bridgehead atoms. The summed E-state index contributed by atoms with van der Waals surface area (Å²) in [5, 5.41) is 3.50. The molecule has 1 aliphatic rings. The summed E-state index contributed by atoms with van der Waals surface area (Å²) in [5.41, 5.74) is 0. The van der Waals surface area contributed by atoms with Crippen LogP contribution in [0, 0.1) is 0 Å². The van der Waals surface area contributed by atoms with Crippen molar-refractivity contribution in [1.82, 2.24) is 10.2 Å². The fraction of sp³-hybridized carbons (Fsp3) is 1.00. The molecule has 0 amide bonds. The number of hydrogen-bond donors (Lipinski definition) is 1. The summed E-state index contributed by atoms with van der Waals surface area (Å²) < 4.78 is 5.44. The van der Waals surface area contributed by atoms with E-state index < -0.39 is 0 Å². The molecule has 0 saturated carbocycles. The van der Waals surface area contributed by atoms with Crippen LogP contribution in [0.2, 0.25) is 0 Å². The van der Waals surface area contributed by atoms with E-state index in [4.69, 9.17) is 4.74 Å². The highest BCUT2D eigenvalue weighted by Gasteiger charge is 2.08. The van der Waals surface area contributed by atoms with E-state index in [1.54, 1.807) is 0 Å². The van der Waals surface area contributed by atoms with E-state index in [0.29, 0.717) is 0 Å². The lowest BCUT2D eigenvalue weighted by atomic mass is 10.1. The Morgan fingerprint density at radius 1 is 1.00 bits per heavy atom. The van der Waals surface area contributed by atoms with Crippen LogP contribution >= 0.6 is 0 Å². The van der Waals surface area contributed by atoms with Crippen LogP contribution in [-0.4, -0.2) is 50.8 Å². The molecule has 1 rings (SSSR count). The minimum absolute atomic E-state index is 0.910. The van der Waals surface area contributed by atoms with Gasteiger partial charge in [-0.3, -0.25) is 0 Å². The SMILES string of the molecule is CCCOCCCNCCCN1CCCCC1. The van der Waals surface area contributed by atoms with Crippen LogP contribution in [0.15, 0.2) is 0 Å². The lowest BCUT2D eigenvalue weighted by molar-refractivity contribution is 0.132. The van der Waals surface area contributed by atoms with Gasteiger partial charge in [-0.25, -0.2) is 0 Å². The molecule has 1 saturated heterocycles. The van der Waals surface area contributed by atoms with Crippen LogP contribution in [0.4, 0.5) is 0 Å². The van der Waals surface area contributed by atoms with Crippen LogP contribution in [-0.2, 0) is 4.74 Å². The van der Waals surface area contributed by atoms with Gasteiger partial charge in [0.1, 0.15) is 0 Å². The third-order valence-corrected chi connectivity index (χ3v) is 3.27. The molecule has 0 aromatic heterocycles. The van der Waals surface area contributed by atoms with Gasteiger partial charge in [0.15, 0.2) is 0 Å². The van der Waals surface area contributed by atoms with Gasteiger partial charge < -0.3 is 15.0 Å². The second-order valence-corrected chi connectivity index (χ2v) is 4.97. The van der Waals surface area contributed by atoms with Crippen molar-refractivity contribution in [3.63, 3.8) is 0 Å². The first-order chi connectivity index (χ1) is 8.43. The van der Waals surface area contributed by atoms with Crippen molar-refractivity contribution in [2.24, 2.45) is 0 Å². The average molecular weight is 242 g/mol. The van der Waals surface area contributed by atoms with Gasteiger partial charge in [-0.15, -0.1) is 0 Å². The van der Waals surface area contributed by atoms with E-state index in [0.717, 1.165) is 39.1 Å². The lowest BCUT2D eigenvalue weighted by Gasteiger charge is -2.26. The number of hydrogen-bond acceptors (Lipinski definition) is 3. The summed E-state index contributed by atoms with van der Waals surface area (Å²) in [7, 11) is 0. The second-order valence-electron chi connectivity index (χ2n) is 4.97. The maximum atomic E-state index is 5.44. The molecule has 0 aromatic carbocycles. The predicted octanol–water partition coefficient (Wildman–Crippen LogP) is 2.27. The molecule has 0 aromatic rings. The monoisotopic (exact) mass is 242 g/mol. The molecule has 0 spiro atoms. The van der Waals surface area contributed by atoms with Crippen LogP contribution < -0.4 is 5.32 Å². The quantitative estimate of drug-likeness (QED) is 0.595. The third kappa shape index (κ3) is 8.58. The minimum Gasteiger partial charge on any atom is -0.381 e. The fourth-order valence-electron chi connectivity index (χ4n) is 2.28. The van der Waals surface area contributed by atoms with E-state index in [-0.39, 0.29) is 0 Å². The minimum atomic E-state index is 0.910. The normalized spacial score (nSPS) is 17.5. The molecule has 1 heterocycles.